The van der Waals surface area contributed by atoms with E-state index in [9.17, 15) is 0 Å². The molecule has 0 spiro atoms. The molecular formula is C70H64BN. The van der Waals surface area contributed by atoms with Crippen molar-refractivity contribution >= 4 is 44.9 Å². The van der Waals surface area contributed by atoms with E-state index in [-0.39, 0.29) is 17.5 Å². The zero-order valence-electron chi connectivity index (χ0n) is 42.9. The summed E-state index contributed by atoms with van der Waals surface area (Å²) in [5.74, 6) is 1.58. The molecule has 14 rings (SSSR count). The molecular weight excluding hydrogens is 866 g/mol. The zero-order valence-corrected chi connectivity index (χ0v) is 42.9. The van der Waals surface area contributed by atoms with Gasteiger partial charge in [0.05, 0.1) is 11.0 Å². The second-order valence-corrected chi connectivity index (χ2v) is 22.9. The molecule has 2 atom stereocenters. The second-order valence-electron chi connectivity index (χ2n) is 22.9. The lowest BCUT2D eigenvalue weighted by atomic mass is 9.34. The summed E-state index contributed by atoms with van der Waals surface area (Å²) in [4.78, 5) is 0. The van der Waals surface area contributed by atoms with Gasteiger partial charge in [0.1, 0.15) is 0 Å². The fraction of sp³-hybridized carbons (Fsp3) is 0.229. The van der Waals surface area contributed by atoms with Gasteiger partial charge in [-0.15, -0.1) is 0 Å². The number of aromatic nitrogens is 1. The van der Waals surface area contributed by atoms with E-state index in [1.54, 1.807) is 11.1 Å². The van der Waals surface area contributed by atoms with Crippen LogP contribution in [0.5, 0.6) is 0 Å². The zero-order chi connectivity index (χ0) is 48.9. The van der Waals surface area contributed by atoms with Crippen LogP contribution in [0.4, 0.5) is 0 Å². The molecule has 4 bridgehead atoms. The van der Waals surface area contributed by atoms with Gasteiger partial charge in [-0.25, -0.2) is 0 Å². The van der Waals surface area contributed by atoms with Crippen LogP contribution in [0.3, 0.4) is 0 Å². The molecule has 4 fully saturated rings. The maximum Gasteiger partial charge on any atom is 0.242 e. The first-order valence-corrected chi connectivity index (χ1v) is 26.7. The summed E-state index contributed by atoms with van der Waals surface area (Å²) in [6.07, 6.45) is 7.98. The van der Waals surface area contributed by atoms with E-state index >= 15 is 0 Å². The Morgan fingerprint density at radius 2 is 0.847 bits per heavy atom. The second kappa shape index (κ2) is 17.3. The summed E-state index contributed by atoms with van der Waals surface area (Å²) in [6.45, 7) is 13.8. The van der Waals surface area contributed by atoms with E-state index in [2.05, 4.69) is 240 Å². The number of benzene rings is 9. The van der Waals surface area contributed by atoms with E-state index in [1.807, 2.05) is 0 Å². The summed E-state index contributed by atoms with van der Waals surface area (Å²) in [7, 11) is 0. The van der Waals surface area contributed by atoms with Gasteiger partial charge in [-0.1, -0.05) is 207 Å². The maximum absolute atomic E-state index is 2.51. The topological polar surface area (TPSA) is 4.93 Å². The SMILES string of the molecule is Cc1cc(C)c(B(c2cccc(-c3cccc(-c4ccc(C56CC7CC(C5)CC(c5ccc(-c8ccc9c(c8)c8ccccc8n9-c8ccccc8)cc5)(C7)C6)cc4)c3)c2)c2c(C)cc(C)cc2C)c(C)c1. The van der Waals surface area contributed by atoms with Gasteiger partial charge in [0.2, 0.25) is 6.71 Å². The first-order chi connectivity index (χ1) is 35.0. The lowest BCUT2D eigenvalue weighted by Crippen LogP contribution is -2.55. The van der Waals surface area contributed by atoms with Crippen molar-refractivity contribution in [2.24, 2.45) is 11.8 Å². The molecule has 0 saturated heterocycles. The summed E-state index contributed by atoms with van der Waals surface area (Å²) < 4.78 is 2.41. The number of nitrogens with zero attached hydrogens (tertiary/aromatic N) is 1. The van der Waals surface area contributed by atoms with Gasteiger partial charge >= 0.3 is 0 Å². The van der Waals surface area contributed by atoms with Crippen LogP contribution in [0.2, 0.25) is 0 Å². The molecule has 2 heteroatoms. The smallest absolute Gasteiger partial charge is 0.242 e. The molecule has 0 radical (unpaired) electrons. The maximum atomic E-state index is 2.51. The van der Waals surface area contributed by atoms with Crippen molar-refractivity contribution < 1.29 is 0 Å². The van der Waals surface area contributed by atoms with E-state index in [4.69, 9.17) is 0 Å². The Kier molecular flexibility index (Phi) is 10.7. The Labute approximate surface area is 427 Å². The van der Waals surface area contributed by atoms with Crippen molar-refractivity contribution in [3.8, 4) is 39.1 Å². The number of aryl methyl sites for hydroxylation is 6. The quantitative estimate of drug-likeness (QED) is 0.127. The summed E-state index contributed by atoms with van der Waals surface area (Å²) in [5.41, 5.74) is 27.3. The lowest BCUT2D eigenvalue weighted by molar-refractivity contribution is -0.0281. The molecule has 10 aromatic rings. The Balaban J connectivity index is 0.783. The third-order valence-corrected chi connectivity index (χ3v) is 17.9. The van der Waals surface area contributed by atoms with Crippen molar-refractivity contribution in [3.63, 3.8) is 0 Å². The van der Waals surface area contributed by atoms with Crippen LogP contribution in [0.25, 0.3) is 60.9 Å². The number of hydrogen-bond acceptors (Lipinski definition) is 0. The molecule has 4 aliphatic rings. The highest BCUT2D eigenvalue weighted by atomic mass is 15.0. The Morgan fingerprint density at radius 3 is 1.42 bits per heavy atom. The van der Waals surface area contributed by atoms with Gasteiger partial charge in [-0.3, -0.25) is 0 Å². The van der Waals surface area contributed by atoms with Crippen LogP contribution in [0, 0.1) is 53.4 Å². The Bertz CT molecular complexity index is 3600. The first-order valence-electron chi connectivity index (χ1n) is 26.7. The van der Waals surface area contributed by atoms with E-state index < -0.39 is 0 Å². The van der Waals surface area contributed by atoms with E-state index in [0.29, 0.717) is 0 Å². The number of fused-ring (bicyclic) bond motifs is 3. The predicted molar refractivity (Wildman–Crippen MR) is 308 cm³/mol. The van der Waals surface area contributed by atoms with Gasteiger partial charge in [0.25, 0.3) is 0 Å². The van der Waals surface area contributed by atoms with Crippen LogP contribution in [0.15, 0.2) is 194 Å². The monoisotopic (exact) mass is 930 g/mol. The highest BCUT2D eigenvalue weighted by molar-refractivity contribution is 6.96. The summed E-state index contributed by atoms with van der Waals surface area (Å²) >= 11 is 0. The van der Waals surface area contributed by atoms with E-state index in [0.717, 1.165) is 11.8 Å². The van der Waals surface area contributed by atoms with Crippen molar-refractivity contribution in [2.45, 2.75) is 90.9 Å². The number of hydrogen-bond donors (Lipinski definition) is 0. The fourth-order valence-corrected chi connectivity index (χ4v) is 15.5. The highest BCUT2D eigenvalue weighted by Gasteiger charge is 2.58. The minimum atomic E-state index is 0.145. The minimum absolute atomic E-state index is 0.145. The number of rotatable bonds is 9. The predicted octanol–water partition coefficient (Wildman–Crippen LogP) is 15.9. The molecule has 1 aromatic heterocycles. The number of para-hydroxylation sites is 2. The van der Waals surface area contributed by atoms with Gasteiger partial charge in [0.15, 0.2) is 0 Å². The lowest BCUT2D eigenvalue weighted by Gasteiger charge is -2.63. The minimum Gasteiger partial charge on any atom is -0.309 e. The van der Waals surface area contributed by atoms with E-state index in [1.165, 1.54) is 149 Å². The standard InChI is InChI=1S/C70H64BN/c1-45-32-47(3)67(48(4)33-45)71(68-49(5)34-46(2)35-50(68)6)61-17-13-16-57(38-61)56-15-12-14-55(37-56)53-22-27-59(28-23-53)69-40-51-36-52(41-69)43-70(42-51,44-69)60-29-24-54(25-30-60)58-26-31-66-64(39-58)63-20-10-11-21-65(63)72(66)62-18-8-7-9-19-62/h7-35,37-39,51-52H,36,40-44H2,1-6H3. The van der Waals surface area contributed by atoms with Crippen molar-refractivity contribution in [3.05, 3.63) is 239 Å². The molecule has 352 valence electrons. The van der Waals surface area contributed by atoms with Crippen molar-refractivity contribution in [1.82, 2.24) is 4.57 Å². The molecule has 1 nitrogen and oxygen atoms in total. The van der Waals surface area contributed by atoms with Gasteiger partial charge in [-0.2, -0.15) is 0 Å². The summed E-state index contributed by atoms with van der Waals surface area (Å²) in [5, 5.41) is 2.60. The van der Waals surface area contributed by atoms with Crippen LogP contribution in [0.1, 0.15) is 83.0 Å². The third kappa shape index (κ3) is 7.51. The molecule has 4 saturated carbocycles. The highest BCUT2D eigenvalue weighted by Crippen LogP contribution is 2.66. The Hall–Kier alpha value is -7.16. The average molecular weight is 930 g/mol. The van der Waals surface area contributed by atoms with Crippen LogP contribution >= 0.6 is 0 Å². The van der Waals surface area contributed by atoms with Gasteiger partial charge < -0.3 is 4.57 Å². The molecule has 0 amide bonds. The largest absolute Gasteiger partial charge is 0.309 e. The molecule has 72 heavy (non-hydrogen) atoms. The molecule has 0 aliphatic heterocycles. The van der Waals surface area contributed by atoms with Crippen molar-refractivity contribution in [1.29, 1.82) is 0 Å². The molecule has 2 unspecified atom stereocenters. The Morgan fingerprint density at radius 1 is 0.389 bits per heavy atom. The molecule has 1 heterocycles. The van der Waals surface area contributed by atoms with Crippen LogP contribution in [-0.2, 0) is 10.8 Å². The van der Waals surface area contributed by atoms with Gasteiger partial charge in [0, 0.05) is 16.5 Å². The molecule has 0 N–H and O–H groups in total. The third-order valence-electron chi connectivity index (χ3n) is 17.9. The van der Waals surface area contributed by atoms with Crippen molar-refractivity contribution in [2.75, 3.05) is 0 Å². The normalized spacial score (nSPS) is 20.1. The fourth-order valence-electron chi connectivity index (χ4n) is 15.5. The molecule has 9 aromatic carbocycles. The van der Waals surface area contributed by atoms with Gasteiger partial charge in [-0.05, 0) is 184 Å². The van der Waals surface area contributed by atoms with Crippen LogP contribution < -0.4 is 16.4 Å². The molecule has 4 aliphatic carbocycles. The summed E-state index contributed by atoms with van der Waals surface area (Å²) in [6, 6.07) is 74.5. The average Bonchev–Trinajstić information content (AvgIpc) is 3.71. The first kappa shape index (κ1) is 44.8. The van der Waals surface area contributed by atoms with Crippen LogP contribution in [-0.4, -0.2) is 11.3 Å².